The molecule has 11 aromatic rings. The molecule has 0 saturated carbocycles. The minimum Gasteiger partial charge on any atom is -0.307 e. The van der Waals surface area contributed by atoms with E-state index in [1.807, 2.05) is 0 Å². The fraction of sp³-hybridized carbons (Fsp3) is 0. The van der Waals surface area contributed by atoms with Gasteiger partial charge in [0.15, 0.2) is 8.07 Å². The van der Waals surface area contributed by atoms with Crippen molar-refractivity contribution in [3.63, 3.8) is 0 Å². The first-order valence-electron chi connectivity index (χ1n) is 19.7. The van der Waals surface area contributed by atoms with E-state index >= 15 is 0 Å². The molecule has 0 radical (unpaired) electrons. The Morgan fingerprint density at radius 2 is 0.772 bits per heavy atom. The van der Waals surface area contributed by atoms with E-state index in [0.717, 1.165) is 11.4 Å². The third-order valence-electron chi connectivity index (χ3n) is 11.9. The van der Waals surface area contributed by atoms with Crippen molar-refractivity contribution in [2.75, 3.05) is 0 Å². The van der Waals surface area contributed by atoms with Gasteiger partial charge in [0.25, 0.3) is 0 Å². The molecule has 0 aliphatic carbocycles. The minimum absolute atomic E-state index is 1.14. The van der Waals surface area contributed by atoms with Crippen molar-refractivity contribution in [1.82, 2.24) is 9.13 Å². The summed E-state index contributed by atoms with van der Waals surface area (Å²) < 4.78 is 5.03. The Morgan fingerprint density at radius 3 is 1.35 bits per heavy atom. The smallest absolute Gasteiger partial charge is 0.180 e. The molecule has 0 aliphatic heterocycles. The van der Waals surface area contributed by atoms with Crippen molar-refractivity contribution in [2.24, 2.45) is 0 Å². The average molecular weight is 743 g/mol. The van der Waals surface area contributed by atoms with Gasteiger partial charge >= 0.3 is 0 Å². The number of hydrogen-bond acceptors (Lipinski definition) is 0. The van der Waals surface area contributed by atoms with Gasteiger partial charge in [-0.3, -0.25) is 0 Å². The molecule has 0 spiro atoms. The normalized spacial score (nSPS) is 11.9. The summed E-state index contributed by atoms with van der Waals surface area (Å²) >= 11 is 0. The average Bonchev–Trinajstić information content (AvgIpc) is 3.82. The van der Waals surface area contributed by atoms with E-state index in [1.54, 1.807) is 0 Å². The number of rotatable bonds is 7. The molecule has 0 atom stereocenters. The molecule has 11 rings (SSSR count). The lowest BCUT2D eigenvalue weighted by molar-refractivity contribution is 1.13. The number of nitrogens with zero attached hydrogens (tertiary/aromatic N) is 2. The van der Waals surface area contributed by atoms with Crippen molar-refractivity contribution in [1.29, 1.82) is 0 Å². The molecule has 0 amide bonds. The molecule has 3 heteroatoms. The Labute approximate surface area is 333 Å². The van der Waals surface area contributed by atoms with Crippen LogP contribution in [0, 0.1) is 0 Å². The molecule has 2 nitrogen and oxygen atoms in total. The monoisotopic (exact) mass is 742 g/mol. The van der Waals surface area contributed by atoms with Crippen LogP contribution in [0.1, 0.15) is 0 Å². The Kier molecular flexibility index (Phi) is 7.87. The molecule has 268 valence electrons. The topological polar surface area (TPSA) is 9.86 Å². The minimum atomic E-state index is -2.88. The fourth-order valence-corrected chi connectivity index (χ4v) is 14.6. The van der Waals surface area contributed by atoms with Gasteiger partial charge in [0.2, 0.25) is 0 Å². The lowest BCUT2D eigenvalue weighted by Gasteiger charge is -2.35. The van der Waals surface area contributed by atoms with Crippen LogP contribution in [0.15, 0.2) is 231 Å². The van der Waals surface area contributed by atoms with Gasteiger partial charge in [0.1, 0.15) is 0 Å². The van der Waals surface area contributed by atoms with Gasteiger partial charge in [-0.05, 0) is 68.3 Å². The molecule has 0 N–H and O–H groups in total. The Hall–Kier alpha value is -7.20. The lowest BCUT2D eigenvalue weighted by Crippen LogP contribution is -2.74. The number of hydrogen-bond donors (Lipinski definition) is 0. The van der Waals surface area contributed by atoms with Crippen LogP contribution in [-0.2, 0) is 0 Å². The lowest BCUT2D eigenvalue weighted by atomic mass is 9.98. The third-order valence-corrected chi connectivity index (χ3v) is 16.7. The highest BCUT2D eigenvalue weighted by molar-refractivity contribution is 7.20. The third kappa shape index (κ3) is 5.03. The molecule has 0 aliphatic rings. The van der Waals surface area contributed by atoms with Gasteiger partial charge in [-0.2, -0.15) is 0 Å². The highest BCUT2D eigenvalue weighted by Gasteiger charge is 2.43. The zero-order valence-electron chi connectivity index (χ0n) is 31.3. The Balaban J connectivity index is 1.33. The van der Waals surface area contributed by atoms with Crippen LogP contribution < -0.4 is 20.7 Å². The molecular weight excluding hydrogens is 705 g/mol. The number of aromatic nitrogens is 2. The van der Waals surface area contributed by atoms with E-state index in [-0.39, 0.29) is 0 Å². The summed E-state index contributed by atoms with van der Waals surface area (Å²) in [6.07, 6.45) is 0. The second-order valence-corrected chi connectivity index (χ2v) is 18.6. The van der Waals surface area contributed by atoms with Crippen LogP contribution in [0.2, 0.25) is 0 Å². The van der Waals surface area contributed by atoms with Crippen LogP contribution >= 0.6 is 0 Å². The van der Waals surface area contributed by atoms with Gasteiger partial charge in [0, 0.05) is 27.2 Å². The molecule has 57 heavy (non-hydrogen) atoms. The summed E-state index contributed by atoms with van der Waals surface area (Å²) in [5.74, 6) is 0. The highest BCUT2D eigenvalue weighted by atomic mass is 28.3. The first kappa shape index (κ1) is 33.2. The quantitative estimate of drug-likeness (QED) is 0.114. The summed E-state index contributed by atoms with van der Waals surface area (Å²) in [6, 6.07) is 85.2. The fourth-order valence-electron chi connectivity index (χ4n) is 9.59. The SMILES string of the molecule is c1ccc(-c2ccc(-n3c4ccccc4c4c([Si](c5ccccc5)(c5ccccc5)c5ccccc5)cccc43)c3c2c2ccccc2n3-c2ccccc2)cc1. The first-order valence-corrected chi connectivity index (χ1v) is 21.7. The number of para-hydroxylation sites is 3. The molecule has 0 fully saturated rings. The zero-order valence-corrected chi connectivity index (χ0v) is 32.3. The first-order chi connectivity index (χ1) is 28.3. The highest BCUT2D eigenvalue weighted by Crippen LogP contribution is 2.43. The molecular formula is C54H38N2Si. The Morgan fingerprint density at radius 1 is 0.316 bits per heavy atom. The van der Waals surface area contributed by atoms with Crippen molar-refractivity contribution >= 4 is 72.4 Å². The maximum absolute atomic E-state index is 2.88. The van der Waals surface area contributed by atoms with Crippen molar-refractivity contribution in [3.05, 3.63) is 231 Å². The molecule has 0 saturated heterocycles. The molecule has 2 aromatic heterocycles. The van der Waals surface area contributed by atoms with E-state index in [1.165, 1.54) is 75.5 Å². The van der Waals surface area contributed by atoms with Crippen LogP contribution in [-0.4, -0.2) is 17.2 Å². The summed E-state index contributed by atoms with van der Waals surface area (Å²) in [5.41, 5.74) is 9.49. The van der Waals surface area contributed by atoms with Crippen molar-refractivity contribution in [2.45, 2.75) is 0 Å². The van der Waals surface area contributed by atoms with E-state index in [2.05, 4.69) is 240 Å². The second kappa shape index (κ2) is 13.5. The maximum Gasteiger partial charge on any atom is 0.180 e. The molecule has 2 heterocycles. The Bertz CT molecular complexity index is 3110. The van der Waals surface area contributed by atoms with Crippen LogP contribution in [0.5, 0.6) is 0 Å². The van der Waals surface area contributed by atoms with Gasteiger partial charge < -0.3 is 9.13 Å². The molecule has 0 unspecified atom stereocenters. The van der Waals surface area contributed by atoms with Gasteiger partial charge in [-0.1, -0.05) is 194 Å². The van der Waals surface area contributed by atoms with Crippen molar-refractivity contribution in [3.8, 4) is 22.5 Å². The maximum atomic E-state index is 2.55. The van der Waals surface area contributed by atoms with Gasteiger partial charge in [0.05, 0.1) is 27.8 Å². The summed E-state index contributed by atoms with van der Waals surface area (Å²) in [4.78, 5) is 0. The summed E-state index contributed by atoms with van der Waals surface area (Å²) in [7, 11) is -2.88. The van der Waals surface area contributed by atoms with Gasteiger partial charge in [-0.15, -0.1) is 0 Å². The predicted molar refractivity (Wildman–Crippen MR) is 244 cm³/mol. The summed E-state index contributed by atoms with van der Waals surface area (Å²) in [6.45, 7) is 0. The van der Waals surface area contributed by atoms with Crippen LogP contribution in [0.3, 0.4) is 0 Å². The molecule has 9 aromatic carbocycles. The predicted octanol–water partition coefficient (Wildman–Crippen LogP) is 10.9. The van der Waals surface area contributed by atoms with E-state index in [0.29, 0.717) is 0 Å². The van der Waals surface area contributed by atoms with E-state index in [4.69, 9.17) is 0 Å². The van der Waals surface area contributed by atoms with E-state index in [9.17, 15) is 0 Å². The molecule has 0 bridgehead atoms. The van der Waals surface area contributed by atoms with Crippen LogP contribution in [0.4, 0.5) is 0 Å². The second-order valence-electron chi connectivity index (χ2n) is 14.8. The number of fused-ring (bicyclic) bond motifs is 6. The van der Waals surface area contributed by atoms with Crippen molar-refractivity contribution < 1.29 is 0 Å². The summed E-state index contributed by atoms with van der Waals surface area (Å²) in [5, 5.41) is 10.5. The van der Waals surface area contributed by atoms with Gasteiger partial charge in [-0.25, -0.2) is 0 Å². The standard InChI is InChI=1S/C54H38N2Si/c1-6-21-39(22-7-1)44-37-38-50(54-52(44)45-31-16-18-33-47(45)55(54)40-23-8-2-9-24-40)56-48-34-19-17-32-46(48)53-49(56)35-20-36-51(53)57(41-25-10-3-11-26-41,42-27-12-4-13-28-42)43-29-14-5-15-30-43/h1-38H. The number of benzene rings is 9. The van der Waals surface area contributed by atoms with E-state index < -0.39 is 8.07 Å². The zero-order chi connectivity index (χ0) is 37.8. The largest absolute Gasteiger partial charge is 0.307 e. The van der Waals surface area contributed by atoms with Crippen LogP contribution in [0.25, 0.3) is 66.1 Å².